The standard InChI is InChI=1S/C7H8O2P2/c10-6-1-4-5(2-7(6)11)9-3-8-4/h1-2H,3,10-11H2. The SMILES string of the molecule is Pc1cc2c(cc1P)OCO2. The van der Waals surface area contributed by atoms with Gasteiger partial charge in [-0.05, 0) is 22.7 Å². The second kappa shape index (κ2) is 2.62. The summed E-state index contributed by atoms with van der Waals surface area (Å²) in [5, 5.41) is 2.25. The zero-order valence-electron chi connectivity index (χ0n) is 5.83. The van der Waals surface area contributed by atoms with Gasteiger partial charge in [0.15, 0.2) is 11.5 Å². The van der Waals surface area contributed by atoms with Gasteiger partial charge in [0.1, 0.15) is 0 Å². The van der Waals surface area contributed by atoms with Crippen LogP contribution >= 0.6 is 18.5 Å². The highest BCUT2D eigenvalue weighted by Crippen LogP contribution is 2.30. The Hall–Kier alpha value is -0.320. The Bertz CT molecular complexity index is 270. The van der Waals surface area contributed by atoms with Gasteiger partial charge in [-0.15, -0.1) is 18.5 Å². The van der Waals surface area contributed by atoms with Crippen LogP contribution in [0.2, 0.25) is 0 Å². The lowest BCUT2D eigenvalue weighted by Crippen LogP contribution is -2.09. The molecule has 2 unspecified atom stereocenters. The van der Waals surface area contributed by atoms with E-state index < -0.39 is 0 Å². The molecule has 1 aliphatic heterocycles. The smallest absolute Gasteiger partial charge is 0.231 e. The van der Waals surface area contributed by atoms with Crippen LogP contribution in [0.15, 0.2) is 12.1 Å². The Balaban J connectivity index is 2.57. The Morgan fingerprint density at radius 3 is 1.91 bits per heavy atom. The summed E-state index contributed by atoms with van der Waals surface area (Å²) >= 11 is 0. The fourth-order valence-electron chi connectivity index (χ4n) is 0.973. The minimum atomic E-state index is 0.341. The fraction of sp³-hybridized carbons (Fsp3) is 0.143. The van der Waals surface area contributed by atoms with Crippen molar-refractivity contribution >= 4 is 29.1 Å². The number of hydrogen-bond donors (Lipinski definition) is 0. The summed E-state index contributed by atoms with van der Waals surface area (Å²) in [6, 6.07) is 3.91. The van der Waals surface area contributed by atoms with Gasteiger partial charge in [-0.2, -0.15) is 0 Å². The van der Waals surface area contributed by atoms with Crippen molar-refractivity contribution in [1.29, 1.82) is 0 Å². The lowest BCUT2D eigenvalue weighted by Gasteiger charge is -2.00. The quantitative estimate of drug-likeness (QED) is 0.546. The van der Waals surface area contributed by atoms with Crippen LogP contribution in [0.5, 0.6) is 11.5 Å². The summed E-state index contributed by atoms with van der Waals surface area (Å²) in [6.45, 7) is 0.341. The van der Waals surface area contributed by atoms with Crippen molar-refractivity contribution in [3.8, 4) is 11.5 Å². The van der Waals surface area contributed by atoms with Gasteiger partial charge in [0, 0.05) is 0 Å². The summed E-state index contributed by atoms with van der Waals surface area (Å²) in [4.78, 5) is 0. The second-order valence-corrected chi connectivity index (χ2v) is 3.58. The van der Waals surface area contributed by atoms with Gasteiger partial charge in [-0.3, -0.25) is 0 Å². The molecule has 0 spiro atoms. The highest BCUT2D eigenvalue weighted by Gasteiger charge is 2.13. The normalized spacial score (nSPS) is 13.6. The minimum Gasteiger partial charge on any atom is -0.454 e. The van der Waals surface area contributed by atoms with E-state index in [2.05, 4.69) is 18.5 Å². The lowest BCUT2D eigenvalue weighted by molar-refractivity contribution is 0.174. The summed E-state index contributed by atoms with van der Waals surface area (Å²) in [5.41, 5.74) is 0. The number of ether oxygens (including phenoxy) is 2. The molecule has 2 atom stereocenters. The van der Waals surface area contributed by atoms with E-state index in [0.717, 1.165) is 22.1 Å². The monoisotopic (exact) mass is 186 g/mol. The van der Waals surface area contributed by atoms with Crippen LogP contribution in [-0.4, -0.2) is 6.79 Å². The van der Waals surface area contributed by atoms with Crippen molar-refractivity contribution < 1.29 is 9.47 Å². The molecule has 0 aliphatic carbocycles. The van der Waals surface area contributed by atoms with Crippen molar-refractivity contribution in [2.24, 2.45) is 0 Å². The van der Waals surface area contributed by atoms with Crippen molar-refractivity contribution in [2.45, 2.75) is 0 Å². The third-order valence-corrected chi connectivity index (χ3v) is 2.91. The van der Waals surface area contributed by atoms with E-state index in [0.29, 0.717) is 6.79 Å². The average Bonchev–Trinajstić information content (AvgIpc) is 2.36. The number of benzene rings is 1. The highest BCUT2D eigenvalue weighted by molar-refractivity contribution is 7.35. The number of fused-ring (bicyclic) bond motifs is 1. The topological polar surface area (TPSA) is 18.5 Å². The van der Waals surface area contributed by atoms with E-state index >= 15 is 0 Å². The molecule has 0 bridgehead atoms. The molecular formula is C7H8O2P2. The molecule has 0 saturated carbocycles. The summed E-state index contributed by atoms with van der Waals surface area (Å²) in [7, 11) is 5.29. The van der Waals surface area contributed by atoms with Gasteiger partial charge in [0.2, 0.25) is 6.79 Å². The Kier molecular flexibility index (Phi) is 1.75. The first kappa shape index (κ1) is 7.34. The average molecular weight is 186 g/mol. The van der Waals surface area contributed by atoms with E-state index in [1.165, 1.54) is 0 Å². The molecule has 0 amide bonds. The van der Waals surface area contributed by atoms with Gasteiger partial charge < -0.3 is 9.47 Å². The summed E-state index contributed by atoms with van der Waals surface area (Å²) in [5.74, 6) is 1.67. The van der Waals surface area contributed by atoms with E-state index in [-0.39, 0.29) is 0 Å². The van der Waals surface area contributed by atoms with Crippen molar-refractivity contribution in [2.75, 3.05) is 6.79 Å². The predicted octanol–water partition coefficient (Wildman–Crippen LogP) is 0.416. The molecular weight excluding hydrogens is 178 g/mol. The molecule has 58 valence electrons. The molecule has 0 fully saturated rings. The maximum absolute atomic E-state index is 5.19. The molecule has 2 nitrogen and oxygen atoms in total. The largest absolute Gasteiger partial charge is 0.454 e. The van der Waals surface area contributed by atoms with Crippen molar-refractivity contribution in [3.63, 3.8) is 0 Å². The third-order valence-electron chi connectivity index (χ3n) is 1.58. The third kappa shape index (κ3) is 1.21. The first-order valence-electron chi connectivity index (χ1n) is 3.22. The molecule has 1 aromatic carbocycles. The van der Waals surface area contributed by atoms with Crippen LogP contribution in [0.4, 0.5) is 0 Å². The first-order valence-corrected chi connectivity index (χ1v) is 4.37. The van der Waals surface area contributed by atoms with E-state index in [4.69, 9.17) is 9.47 Å². The number of rotatable bonds is 0. The second-order valence-electron chi connectivity index (χ2n) is 2.33. The van der Waals surface area contributed by atoms with Gasteiger partial charge in [-0.1, -0.05) is 0 Å². The molecule has 11 heavy (non-hydrogen) atoms. The van der Waals surface area contributed by atoms with Crippen LogP contribution in [0.3, 0.4) is 0 Å². The van der Waals surface area contributed by atoms with Crippen molar-refractivity contribution in [1.82, 2.24) is 0 Å². The van der Waals surface area contributed by atoms with Crippen LogP contribution < -0.4 is 20.1 Å². The molecule has 0 radical (unpaired) electrons. The van der Waals surface area contributed by atoms with E-state index in [1.54, 1.807) is 0 Å². The summed E-state index contributed by atoms with van der Waals surface area (Å²) < 4.78 is 10.4. The van der Waals surface area contributed by atoms with E-state index in [1.807, 2.05) is 12.1 Å². The van der Waals surface area contributed by atoms with Gasteiger partial charge in [-0.25, -0.2) is 0 Å². The zero-order chi connectivity index (χ0) is 7.84. The molecule has 1 aliphatic rings. The van der Waals surface area contributed by atoms with Crippen LogP contribution in [0.25, 0.3) is 0 Å². The van der Waals surface area contributed by atoms with E-state index in [9.17, 15) is 0 Å². The van der Waals surface area contributed by atoms with Crippen LogP contribution in [-0.2, 0) is 0 Å². The molecule has 2 rings (SSSR count). The Morgan fingerprint density at radius 2 is 1.45 bits per heavy atom. The first-order chi connectivity index (χ1) is 5.27. The predicted molar refractivity (Wildman–Crippen MR) is 51.3 cm³/mol. The van der Waals surface area contributed by atoms with Crippen molar-refractivity contribution in [3.05, 3.63) is 12.1 Å². The number of hydrogen-bond acceptors (Lipinski definition) is 2. The maximum Gasteiger partial charge on any atom is 0.231 e. The maximum atomic E-state index is 5.19. The molecule has 4 heteroatoms. The van der Waals surface area contributed by atoms with Gasteiger partial charge in [0.05, 0.1) is 0 Å². The zero-order valence-corrected chi connectivity index (χ0v) is 8.14. The molecule has 0 N–H and O–H groups in total. The minimum absolute atomic E-state index is 0.341. The Morgan fingerprint density at radius 1 is 1.00 bits per heavy atom. The lowest BCUT2D eigenvalue weighted by atomic mass is 10.3. The molecule has 0 aromatic heterocycles. The molecule has 1 aromatic rings. The van der Waals surface area contributed by atoms with Crippen LogP contribution in [0, 0.1) is 0 Å². The Labute approximate surface area is 69.7 Å². The van der Waals surface area contributed by atoms with Gasteiger partial charge in [0.25, 0.3) is 0 Å². The fourth-order valence-corrected chi connectivity index (χ4v) is 1.44. The molecule has 0 saturated heterocycles. The van der Waals surface area contributed by atoms with Gasteiger partial charge >= 0.3 is 0 Å². The highest BCUT2D eigenvalue weighted by atomic mass is 31.0. The van der Waals surface area contributed by atoms with Crippen LogP contribution in [0.1, 0.15) is 0 Å². The molecule has 1 heterocycles. The summed E-state index contributed by atoms with van der Waals surface area (Å²) in [6.07, 6.45) is 0.